The van der Waals surface area contributed by atoms with Crippen molar-refractivity contribution in [2.75, 3.05) is 11.9 Å². The summed E-state index contributed by atoms with van der Waals surface area (Å²) in [5, 5.41) is 22.5. The summed E-state index contributed by atoms with van der Waals surface area (Å²) in [4.78, 5) is 22.5. The molecule has 0 spiro atoms. The van der Waals surface area contributed by atoms with Gasteiger partial charge in [0.05, 0.1) is 13.9 Å². The van der Waals surface area contributed by atoms with Crippen molar-refractivity contribution in [2.24, 2.45) is 0 Å². The molecule has 2 rings (SSSR count). The molecular weight excluding hydrogens is 494 g/mol. The van der Waals surface area contributed by atoms with Gasteiger partial charge in [0.25, 0.3) is 11.6 Å². The number of benzene rings is 2. The number of carbonyl (C=O) groups is 1. The first kappa shape index (κ1) is 21.3. The number of nitro groups is 1. The van der Waals surface area contributed by atoms with E-state index in [4.69, 9.17) is 4.74 Å². The Morgan fingerprint density at radius 3 is 2.39 bits per heavy atom. The van der Waals surface area contributed by atoms with Gasteiger partial charge < -0.3 is 10.1 Å². The molecule has 0 radical (unpaired) electrons. The van der Waals surface area contributed by atoms with Crippen molar-refractivity contribution in [1.29, 1.82) is 5.26 Å². The fourth-order valence-electron chi connectivity index (χ4n) is 2.12. The highest BCUT2D eigenvalue weighted by atomic mass is 79.9. The molecule has 2 aromatic rings. The number of amides is 1. The van der Waals surface area contributed by atoms with E-state index in [0.717, 1.165) is 0 Å². The Bertz CT molecular complexity index is 972. The second-order valence-electron chi connectivity index (χ2n) is 5.34. The third-order valence-corrected chi connectivity index (χ3v) is 4.56. The number of halogens is 2. The summed E-state index contributed by atoms with van der Waals surface area (Å²) in [5.74, 6) is -0.0542. The zero-order valence-corrected chi connectivity index (χ0v) is 17.5. The predicted octanol–water partition coefficient (Wildman–Crippen LogP) is 5.23. The van der Waals surface area contributed by atoms with E-state index in [1.165, 1.54) is 30.3 Å². The molecule has 0 saturated heterocycles. The summed E-state index contributed by atoms with van der Waals surface area (Å²) in [5.41, 5.74) is 0.715. The number of rotatable bonds is 7. The first-order chi connectivity index (χ1) is 13.3. The van der Waals surface area contributed by atoms with Crippen molar-refractivity contribution >= 4 is 55.2 Å². The van der Waals surface area contributed by atoms with E-state index in [9.17, 15) is 20.2 Å². The molecule has 142 valence electrons. The molecule has 0 unspecified atom stereocenters. The van der Waals surface area contributed by atoms with Gasteiger partial charge in [-0.1, -0.05) is 12.7 Å². The minimum atomic E-state index is -0.629. The number of ether oxygens (including phenoxy) is 1. The van der Waals surface area contributed by atoms with Crippen LogP contribution in [0.15, 0.2) is 63.6 Å². The van der Waals surface area contributed by atoms with Gasteiger partial charge in [0.15, 0.2) is 0 Å². The molecule has 1 amide bonds. The van der Waals surface area contributed by atoms with Gasteiger partial charge in [0.1, 0.15) is 24.0 Å². The monoisotopic (exact) mass is 505 g/mol. The lowest BCUT2D eigenvalue weighted by Gasteiger charge is -2.10. The van der Waals surface area contributed by atoms with Crippen molar-refractivity contribution in [3.8, 4) is 11.8 Å². The summed E-state index contributed by atoms with van der Waals surface area (Å²) in [7, 11) is 0. The number of anilines is 1. The van der Waals surface area contributed by atoms with Crippen LogP contribution in [0, 0.1) is 21.4 Å². The van der Waals surface area contributed by atoms with Crippen LogP contribution >= 0.6 is 31.9 Å². The number of non-ortho nitro benzene ring substituents is 1. The molecule has 0 fully saturated rings. The molecule has 28 heavy (non-hydrogen) atoms. The largest absolute Gasteiger partial charge is 0.487 e. The second-order valence-corrected chi connectivity index (χ2v) is 7.05. The zero-order valence-electron chi connectivity index (χ0n) is 14.3. The molecule has 0 aliphatic carbocycles. The van der Waals surface area contributed by atoms with Gasteiger partial charge >= 0.3 is 0 Å². The molecule has 1 N–H and O–H groups in total. The van der Waals surface area contributed by atoms with Gasteiger partial charge in [-0.3, -0.25) is 14.9 Å². The van der Waals surface area contributed by atoms with Crippen molar-refractivity contribution < 1.29 is 14.5 Å². The van der Waals surface area contributed by atoms with Crippen LogP contribution in [-0.2, 0) is 4.79 Å². The number of nitrogens with zero attached hydrogens (tertiary/aromatic N) is 2. The SMILES string of the molecule is C=CCOc1c(Br)cc(/C=C(\C#N)C(=O)Nc2ccc([N+](=O)[O-])cc2)cc1Br. The minimum absolute atomic E-state index is 0.0949. The topological polar surface area (TPSA) is 105 Å². The third-order valence-electron chi connectivity index (χ3n) is 3.38. The highest BCUT2D eigenvalue weighted by Crippen LogP contribution is 2.35. The van der Waals surface area contributed by atoms with Gasteiger partial charge in [-0.05, 0) is 67.8 Å². The number of hydrogen-bond acceptors (Lipinski definition) is 5. The highest BCUT2D eigenvalue weighted by molar-refractivity contribution is 9.11. The predicted molar refractivity (Wildman–Crippen MR) is 113 cm³/mol. The van der Waals surface area contributed by atoms with Crippen molar-refractivity contribution in [1.82, 2.24) is 0 Å². The van der Waals surface area contributed by atoms with E-state index >= 15 is 0 Å². The van der Waals surface area contributed by atoms with E-state index in [0.29, 0.717) is 32.6 Å². The Labute approximate surface area is 177 Å². The first-order valence-electron chi connectivity index (χ1n) is 7.76. The Morgan fingerprint density at radius 2 is 1.89 bits per heavy atom. The molecule has 0 saturated carbocycles. The maximum absolute atomic E-state index is 12.4. The van der Waals surface area contributed by atoms with E-state index in [-0.39, 0.29) is 11.3 Å². The Hall–Kier alpha value is -2.96. The molecular formula is C19H13Br2N3O4. The fourth-order valence-corrected chi connectivity index (χ4v) is 3.57. The lowest BCUT2D eigenvalue weighted by atomic mass is 10.1. The van der Waals surface area contributed by atoms with E-state index in [1.54, 1.807) is 18.2 Å². The van der Waals surface area contributed by atoms with Crippen molar-refractivity contribution in [3.63, 3.8) is 0 Å². The van der Waals surface area contributed by atoms with Gasteiger partial charge in [-0.15, -0.1) is 0 Å². The van der Waals surface area contributed by atoms with E-state index in [2.05, 4.69) is 43.8 Å². The van der Waals surface area contributed by atoms with Crippen molar-refractivity contribution in [3.05, 3.63) is 79.2 Å². The Balaban J connectivity index is 2.23. The molecule has 0 aliphatic rings. The summed E-state index contributed by atoms with van der Waals surface area (Å²) in [6, 6.07) is 10.6. The number of hydrogen-bond donors (Lipinski definition) is 1. The molecule has 0 aromatic heterocycles. The average Bonchev–Trinajstić information content (AvgIpc) is 2.65. The van der Waals surface area contributed by atoms with Gasteiger partial charge in [0.2, 0.25) is 0 Å². The van der Waals surface area contributed by atoms with Gasteiger partial charge in [-0.25, -0.2) is 0 Å². The number of nitriles is 1. The summed E-state index contributed by atoms with van der Waals surface area (Å²) < 4.78 is 6.81. The second kappa shape index (κ2) is 9.82. The average molecular weight is 507 g/mol. The van der Waals surface area contributed by atoms with Gasteiger partial charge in [-0.2, -0.15) is 5.26 Å². The molecule has 2 aromatic carbocycles. The lowest BCUT2D eigenvalue weighted by Crippen LogP contribution is -2.13. The van der Waals surface area contributed by atoms with E-state index in [1.807, 2.05) is 6.07 Å². The highest BCUT2D eigenvalue weighted by Gasteiger charge is 2.13. The number of nitro benzene ring substituents is 1. The lowest BCUT2D eigenvalue weighted by molar-refractivity contribution is -0.384. The minimum Gasteiger partial charge on any atom is -0.487 e. The van der Waals surface area contributed by atoms with Crippen LogP contribution in [0.5, 0.6) is 5.75 Å². The van der Waals surface area contributed by atoms with Crippen LogP contribution in [0.4, 0.5) is 11.4 Å². The summed E-state index contributed by atoms with van der Waals surface area (Å²) >= 11 is 6.78. The molecule has 9 heteroatoms. The van der Waals surface area contributed by atoms with Crippen LogP contribution in [0.2, 0.25) is 0 Å². The molecule has 0 bridgehead atoms. The van der Waals surface area contributed by atoms with Crippen molar-refractivity contribution in [2.45, 2.75) is 0 Å². The normalized spacial score (nSPS) is 10.7. The maximum atomic E-state index is 12.4. The number of carbonyl (C=O) groups excluding carboxylic acids is 1. The van der Waals surface area contributed by atoms with Gasteiger partial charge in [0, 0.05) is 17.8 Å². The van der Waals surface area contributed by atoms with E-state index < -0.39 is 10.8 Å². The van der Waals surface area contributed by atoms with Crippen LogP contribution in [0.3, 0.4) is 0 Å². The van der Waals surface area contributed by atoms with Crippen LogP contribution in [0.25, 0.3) is 6.08 Å². The summed E-state index contributed by atoms with van der Waals surface area (Å²) in [6.07, 6.45) is 3.04. The smallest absolute Gasteiger partial charge is 0.269 e. The Morgan fingerprint density at radius 1 is 1.29 bits per heavy atom. The maximum Gasteiger partial charge on any atom is 0.269 e. The molecule has 7 nitrogen and oxygen atoms in total. The molecule has 0 atom stereocenters. The zero-order chi connectivity index (χ0) is 20.7. The standard InChI is InChI=1S/C19H13Br2N3O4/c1-2-7-28-18-16(20)9-12(10-17(18)21)8-13(11-22)19(25)23-14-3-5-15(6-4-14)24(26)27/h2-6,8-10H,1,7H2,(H,23,25)/b13-8+. The summed E-state index contributed by atoms with van der Waals surface area (Å²) in [6.45, 7) is 3.92. The number of nitrogens with one attached hydrogen (secondary N) is 1. The quantitative estimate of drug-likeness (QED) is 0.182. The van der Waals surface area contributed by atoms with Crippen LogP contribution in [-0.4, -0.2) is 17.4 Å². The Kier molecular flexibility index (Phi) is 7.49. The third kappa shape index (κ3) is 5.52. The molecule has 0 aliphatic heterocycles. The van der Waals surface area contributed by atoms with Crippen LogP contribution < -0.4 is 10.1 Å². The molecule has 0 heterocycles. The first-order valence-corrected chi connectivity index (χ1v) is 9.34. The fraction of sp³-hybridized carbons (Fsp3) is 0.0526. The van der Waals surface area contributed by atoms with Crippen LogP contribution in [0.1, 0.15) is 5.56 Å².